The Bertz CT molecular complexity index is 1710. The van der Waals surface area contributed by atoms with Crippen LogP contribution in [0.1, 0.15) is 35.9 Å². The number of nitrogens with one attached hydrogen (secondary N) is 1. The maximum atomic E-state index is 12.4. The number of para-hydroxylation sites is 1. The Morgan fingerprint density at radius 1 is 1.11 bits per heavy atom. The summed E-state index contributed by atoms with van der Waals surface area (Å²) in [6.07, 6.45) is 7.13. The van der Waals surface area contributed by atoms with Gasteiger partial charge < -0.3 is 15.6 Å². The van der Waals surface area contributed by atoms with Crippen molar-refractivity contribution in [3.05, 3.63) is 84.8 Å². The van der Waals surface area contributed by atoms with Gasteiger partial charge in [0.15, 0.2) is 0 Å². The van der Waals surface area contributed by atoms with Gasteiger partial charge in [-0.3, -0.25) is 9.78 Å². The van der Waals surface area contributed by atoms with E-state index < -0.39 is 0 Å². The van der Waals surface area contributed by atoms with Gasteiger partial charge in [-0.15, -0.1) is 0 Å². The van der Waals surface area contributed by atoms with E-state index in [4.69, 9.17) is 10.7 Å². The van der Waals surface area contributed by atoms with E-state index in [0.717, 1.165) is 49.9 Å². The number of amides is 1. The number of carbonyl (C=O) groups is 1. The zero-order valence-corrected chi connectivity index (χ0v) is 19.6. The fourth-order valence-electron chi connectivity index (χ4n) is 5.53. The van der Waals surface area contributed by atoms with Crippen LogP contribution in [0.15, 0.2) is 73.7 Å². The zero-order valence-electron chi connectivity index (χ0n) is 19.6. The first-order valence-electron chi connectivity index (χ1n) is 12.2. The Balaban J connectivity index is 1.55. The molecule has 5 aromatic rings. The molecule has 2 aliphatic rings. The van der Waals surface area contributed by atoms with Crippen LogP contribution in [0.5, 0.6) is 0 Å². The summed E-state index contributed by atoms with van der Waals surface area (Å²) in [4.78, 5) is 26.1. The lowest BCUT2D eigenvalue weighted by Crippen LogP contribution is -2.33. The number of benzene rings is 2. The average Bonchev–Trinajstić information content (AvgIpc) is 3.70. The predicted octanol–water partition coefficient (Wildman–Crippen LogP) is 5.13. The molecule has 176 valence electrons. The highest BCUT2D eigenvalue weighted by Gasteiger charge is 2.34. The normalized spacial score (nSPS) is 16.5. The number of carbonyl (C=O) groups excluding carboxylic acids is 1. The van der Waals surface area contributed by atoms with E-state index in [9.17, 15) is 4.79 Å². The van der Waals surface area contributed by atoms with E-state index in [1.165, 1.54) is 30.8 Å². The summed E-state index contributed by atoms with van der Waals surface area (Å²) in [5.41, 5.74) is 14.6. The number of rotatable bonds is 4. The SMILES string of the molecule is C=CC(=O)NC1Cn2c(c(-c3cnc4ccccc4c3)c3c(N)ncnc32)-c2cc(C3CC3)ccc21. The lowest BCUT2D eigenvalue weighted by atomic mass is 9.88. The number of nitrogens with zero attached hydrogens (tertiary/aromatic N) is 4. The number of anilines is 1. The molecule has 0 saturated heterocycles. The Hall–Kier alpha value is -4.52. The van der Waals surface area contributed by atoms with Gasteiger partial charge in [-0.25, -0.2) is 9.97 Å². The Morgan fingerprint density at radius 3 is 2.81 bits per heavy atom. The van der Waals surface area contributed by atoms with Gasteiger partial charge in [0, 0.05) is 34.8 Å². The highest BCUT2D eigenvalue weighted by molar-refractivity contribution is 6.09. The van der Waals surface area contributed by atoms with Gasteiger partial charge in [-0.2, -0.15) is 0 Å². The molecule has 1 aliphatic heterocycles. The molecule has 7 rings (SSSR count). The van der Waals surface area contributed by atoms with Gasteiger partial charge in [-0.05, 0) is 54.2 Å². The molecule has 1 atom stereocenters. The topological polar surface area (TPSA) is 98.7 Å². The van der Waals surface area contributed by atoms with Crippen molar-refractivity contribution in [3.8, 4) is 22.4 Å². The molecule has 0 spiro atoms. The molecule has 1 unspecified atom stereocenters. The molecule has 1 amide bonds. The third kappa shape index (κ3) is 3.12. The second kappa shape index (κ2) is 7.75. The Kier molecular flexibility index (Phi) is 4.48. The molecule has 36 heavy (non-hydrogen) atoms. The third-order valence-electron chi connectivity index (χ3n) is 7.37. The average molecular weight is 473 g/mol. The maximum Gasteiger partial charge on any atom is 0.243 e. The molecule has 1 aliphatic carbocycles. The number of nitrogen functional groups attached to an aromatic ring is 1. The number of fused-ring (bicyclic) bond motifs is 6. The van der Waals surface area contributed by atoms with Crippen molar-refractivity contribution in [1.82, 2.24) is 24.8 Å². The first-order chi connectivity index (χ1) is 17.6. The van der Waals surface area contributed by atoms with Crippen LogP contribution < -0.4 is 11.1 Å². The number of pyridine rings is 1. The van der Waals surface area contributed by atoms with Gasteiger partial charge in [-0.1, -0.05) is 36.9 Å². The van der Waals surface area contributed by atoms with Crippen molar-refractivity contribution in [2.75, 3.05) is 5.73 Å². The summed E-state index contributed by atoms with van der Waals surface area (Å²) in [7, 11) is 0. The van der Waals surface area contributed by atoms with E-state index >= 15 is 0 Å². The zero-order chi connectivity index (χ0) is 24.4. The standard InChI is InChI=1S/C29H24N6O/c1-2-24(36)34-23-14-35-27(21-12-17(16-7-8-16)9-10-20(21)23)25(26-28(30)32-15-33-29(26)35)19-11-18-5-3-4-6-22(18)31-13-19/h2-6,9-13,15-16,23H,1,7-8,14H2,(H,34,36)(H2,30,32,33). The fraction of sp³-hybridized carbons (Fsp3) is 0.172. The van der Waals surface area contributed by atoms with Gasteiger partial charge in [0.05, 0.1) is 22.6 Å². The van der Waals surface area contributed by atoms with Crippen molar-refractivity contribution in [2.24, 2.45) is 0 Å². The molecule has 7 nitrogen and oxygen atoms in total. The molecule has 7 heteroatoms. The van der Waals surface area contributed by atoms with E-state index in [-0.39, 0.29) is 11.9 Å². The number of hydrogen-bond acceptors (Lipinski definition) is 5. The highest BCUT2D eigenvalue weighted by Crippen LogP contribution is 2.49. The summed E-state index contributed by atoms with van der Waals surface area (Å²) < 4.78 is 2.17. The summed E-state index contributed by atoms with van der Waals surface area (Å²) in [6, 6.07) is 16.7. The monoisotopic (exact) mass is 472 g/mol. The smallest absolute Gasteiger partial charge is 0.243 e. The third-order valence-corrected chi connectivity index (χ3v) is 7.37. The molecule has 0 bridgehead atoms. The van der Waals surface area contributed by atoms with Crippen LogP contribution in [0.25, 0.3) is 44.3 Å². The van der Waals surface area contributed by atoms with Crippen molar-refractivity contribution in [1.29, 1.82) is 0 Å². The first kappa shape index (κ1) is 20.8. The molecule has 3 N–H and O–H groups in total. The van der Waals surface area contributed by atoms with Crippen molar-refractivity contribution < 1.29 is 4.79 Å². The predicted molar refractivity (Wildman–Crippen MR) is 141 cm³/mol. The van der Waals surface area contributed by atoms with Crippen molar-refractivity contribution in [3.63, 3.8) is 0 Å². The summed E-state index contributed by atoms with van der Waals surface area (Å²) in [5.74, 6) is 0.814. The minimum atomic E-state index is -0.222. The van der Waals surface area contributed by atoms with Gasteiger partial charge in [0.25, 0.3) is 0 Å². The summed E-state index contributed by atoms with van der Waals surface area (Å²) in [6.45, 7) is 4.17. The maximum absolute atomic E-state index is 12.4. The van der Waals surface area contributed by atoms with Crippen molar-refractivity contribution >= 4 is 33.7 Å². The van der Waals surface area contributed by atoms with Crippen molar-refractivity contribution in [2.45, 2.75) is 31.3 Å². The Morgan fingerprint density at radius 2 is 1.97 bits per heavy atom. The van der Waals surface area contributed by atoms with E-state index in [1.54, 1.807) is 0 Å². The molecule has 1 fully saturated rings. The van der Waals surface area contributed by atoms with E-state index in [2.05, 4.69) is 56.8 Å². The van der Waals surface area contributed by atoms with Crippen LogP contribution in [-0.4, -0.2) is 25.4 Å². The Labute approximate surface area is 207 Å². The second-order valence-electron chi connectivity index (χ2n) is 9.59. The number of hydrogen-bond donors (Lipinski definition) is 2. The van der Waals surface area contributed by atoms with Gasteiger partial charge >= 0.3 is 0 Å². The highest BCUT2D eigenvalue weighted by atomic mass is 16.1. The molecular formula is C29H24N6O. The summed E-state index contributed by atoms with van der Waals surface area (Å²) in [5, 5.41) is 4.98. The van der Waals surface area contributed by atoms with E-state index in [0.29, 0.717) is 18.3 Å². The minimum Gasteiger partial charge on any atom is -0.383 e. The van der Waals surface area contributed by atoms with Crippen LogP contribution in [-0.2, 0) is 11.3 Å². The molecule has 0 radical (unpaired) electrons. The molecule has 4 heterocycles. The minimum absolute atomic E-state index is 0.203. The van der Waals surface area contributed by atoms with Crippen LogP contribution in [0, 0.1) is 0 Å². The quantitative estimate of drug-likeness (QED) is 0.353. The second-order valence-corrected chi connectivity index (χ2v) is 9.59. The van der Waals surface area contributed by atoms with Crippen LogP contribution >= 0.6 is 0 Å². The number of nitrogens with two attached hydrogens (primary N) is 1. The van der Waals surface area contributed by atoms with Crippen LogP contribution in [0.2, 0.25) is 0 Å². The molecule has 2 aromatic carbocycles. The van der Waals surface area contributed by atoms with Gasteiger partial charge in [0.2, 0.25) is 5.91 Å². The van der Waals surface area contributed by atoms with Crippen LogP contribution in [0.3, 0.4) is 0 Å². The summed E-state index contributed by atoms with van der Waals surface area (Å²) >= 11 is 0. The largest absolute Gasteiger partial charge is 0.383 e. The van der Waals surface area contributed by atoms with Crippen LogP contribution in [0.4, 0.5) is 5.82 Å². The molecule has 3 aromatic heterocycles. The fourth-order valence-corrected chi connectivity index (χ4v) is 5.53. The van der Waals surface area contributed by atoms with E-state index in [1.807, 2.05) is 24.4 Å². The lowest BCUT2D eigenvalue weighted by molar-refractivity contribution is -0.117. The number of aromatic nitrogens is 4. The lowest BCUT2D eigenvalue weighted by Gasteiger charge is -2.29. The first-order valence-corrected chi connectivity index (χ1v) is 12.2. The molecular weight excluding hydrogens is 448 g/mol. The molecule has 1 saturated carbocycles. The van der Waals surface area contributed by atoms with Gasteiger partial charge in [0.1, 0.15) is 17.8 Å².